The van der Waals surface area contributed by atoms with Gasteiger partial charge in [-0.05, 0) is 69.0 Å². The van der Waals surface area contributed by atoms with Crippen molar-refractivity contribution in [2.75, 3.05) is 36.6 Å². The van der Waals surface area contributed by atoms with E-state index in [4.69, 9.17) is 9.47 Å². The molecule has 52 heavy (non-hydrogen) atoms. The molecule has 11 nitrogen and oxygen atoms in total. The molecule has 3 aliphatic heterocycles. The van der Waals surface area contributed by atoms with E-state index in [2.05, 4.69) is 10.3 Å². The Balaban J connectivity index is 1.32. The number of fused-ring (bicyclic) bond motifs is 2. The number of carbonyl (C=O) groups excluding carboxylic acids is 3. The van der Waals surface area contributed by atoms with Crippen LogP contribution in [-0.4, -0.2) is 79.2 Å². The first-order chi connectivity index (χ1) is 25.0. The standard InChI is InChI=1S/C39H52FN5O6Si/c1-27-37(52(3,4)40)34(20-23-43-25-32(41-42-43)30(26-46)28-14-8-7-9-15-28)51-39(27)31-24-29(44-21-12-6-5-10-16-35(44)47)18-19-33(31)45(38(39)49)22-13-11-17-36(48)50-2/h7-9,14-15,18-19,24-25,27,30,34,37,46H,5-6,10-13,16-17,20-23,26H2,1-4H3/t27-,30?,34+,37-,39+/m1/s1. The van der Waals surface area contributed by atoms with Gasteiger partial charge in [0.05, 0.1) is 37.1 Å². The van der Waals surface area contributed by atoms with Crippen LogP contribution < -0.4 is 9.80 Å². The highest BCUT2D eigenvalue weighted by Crippen LogP contribution is 2.60. The summed E-state index contributed by atoms with van der Waals surface area (Å²) in [5, 5.41) is 18.9. The number of esters is 1. The van der Waals surface area contributed by atoms with E-state index in [1.165, 1.54) is 7.11 Å². The number of methoxy groups -OCH3 is 1. The molecule has 0 bridgehead atoms. The number of aliphatic hydroxyl groups is 1. The molecule has 2 aromatic carbocycles. The van der Waals surface area contributed by atoms with Gasteiger partial charge in [-0.25, -0.2) is 0 Å². The van der Waals surface area contributed by atoms with Gasteiger partial charge in [-0.2, -0.15) is 0 Å². The summed E-state index contributed by atoms with van der Waals surface area (Å²) in [6.45, 7) is 6.53. The second kappa shape index (κ2) is 16.0. The number of hydrogen-bond donors (Lipinski definition) is 1. The van der Waals surface area contributed by atoms with Gasteiger partial charge in [0.1, 0.15) is 0 Å². The number of benzene rings is 2. The Labute approximate surface area is 306 Å². The molecule has 2 saturated heterocycles. The molecule has 6 rings (SSSR count). The number of rotatable bonds is 13. The first kappa shape index (κ1) is 37.8. The first-order valence-electron chi connectivity index (χ1n) is 18.8. The lowest BCUT2D eigenvalue weighted by Gasteiger charge is -2.32. The number of aryl methyl sites for hydroxylation is 1. The van der Waals surface area contributed by atoms with Gasteiger partial charge in [0, 0.05) is 61.4 Å². The zero-order valence-electron chi connectivity index (χ0n) is 30.8. The summed E-state index contributed by atoms with van der Waals surface area (Å²) < 4.78 is 30.0. The van der Waals surface area contributed by atoms with Crippen molar-refractivity contribution in [3.05, 3.63) is 71.5 Å². The lowest BCUT2D eigenvalue weighted by molar-refractivity contribution is -0.146. The van der Waals surface area contributed by atoms with E-state index in [1.807, 2.05) is 66.6 Å². The van der Waals surface area contributed by atoms with Crippen molar-refractivity contribution < 1.29 is 33.1 Å². The third-order valence-electron chi connectivity index (χ3n) is 11.3. The van der Waals surface area contributed by atoms with Gasteiger partial charge in [-0.15, -0.1) is 5.10 Å². The van der Waals surface area contributed by atoms with Crippen LogP contribution in [0.15, 0.2) is 54.7 Å². The number of ether oxygens (including phenoxy) is 2. The van der Waals surface area contributed by atoms with Crippen LogP contribution in [0.5, 0.6) is 0 Å². The van der Waals surface area contributed by atoms with Gasteiger partial charge in [0.2, 0.25) is 14.3 Å². The van der Waals surface area contributed by atoms with Crippen LogP contribution in [0.1, 0.15) is 87.4 Å². The number of anilines is 2. The Kier molecular flexibility index (Phi) is 11.6. The molecule has 2 amide bonds. The molecular weight excluding hydrogens is 682 g/mol. The zero-order valence-corrected chi connectivity index (χ0v) is 31.8. The average molecular weight is 734 g/mol. The number of carbonyl (C=O) groups is 3. The molecular formula is C39H52FN5O6Si. The van der Waals surface area contributed by atoms with Crippen molar-refractivity contribution in [2.24, 2.45) is 5.92 Å². The molecule has 4 heterocycles. The van der Waals surface area contributed by atoms with E-state index in [9.17, 15) is 19.5 Å². The maximum absolute atomic E-state index is 16.5. The largest absolute Gasteiger partial charge is 0.469 e. The normalized spacial score (nSPS) is 24.2. The highest BCUT2D eigenvalue weighted by molar-refractivity contribution is 6.72. The molecule has 5 atom stereocenters. The van der Waals surface area contributed by atoms with Crippen LogP contribution in [0.2, 0.25) is 18.6 Å². The minimum atomic E-state index is -3.42. The molecule has 280 valence electrons. The Morgan fingerprint density at radius 2 is 1.87 bits per heavy atom. The van der Waals surface area contributed by atoms with E-state index < -0.39 is 31.6 Å². The fourth-order valence-electron chi connectivity index (χ4n) is 8.67. The van der Waals surface area contributed by atoms with Crippen molar-refractivity contribution >= 4 is 37.6 Å². The molecule has 3 aliphatic rings. The van der Waals surface area contributed by atoms with E-state index in [0.717, 1.165) is 36.9 Å². The average Bonchev–Trinajstić information content (AvgIpc) is 3.78. The number of hydrogen-bond acceptors (Lipinski definition) is 8. The zero-order chi connectivity index (χ0) is 37.0. The van der Waals surface area contributed by atoms with Gasteiger partial charge in [0.25, 0.3) is 5.91 Å². The summed E-state index contributed by atoms with van der Waals surface area (Å²) in [5.74, 6) is -1.28. The Morgan fingerprint density at radius 1 is 1.10 bits per heavy atom. The van der Waals surface area contributed by atoms with Gasteiger partial charge in [-0.3, -0.25) is 19.1 Å². The summed E-state index contributed by atoms with van der Waals surface area (Å²) in [4.78, 5) is 43.6. The van der Waals surface area contributed by atoms with Crippen molar-refractivity contribution in [3.63, 3.8) is 0 Å². The molecule has 1 unspecified atom stereocenters. The summed E-state index contributed by atoms with van der Waals surface area (Å²) in [5.41, 5.74) is 1.73. The number of aromatic nitrogens is 3. The van der Waals surface area contributed by atoms with E-state index in [0.29, 0.717) is 62.3 Å². The molecule has 1 N–H and O–H groups in total. The second-order valence-electron chi connectivity index (χ2n) is 15.0. The molecule has 13 heteroatoms. The maximum Gasteiger partial charge on any atom is 0.305 e. The quantitative estimate of drug-likeness (QED) is 0.0946. The fourth-order valence-corrected chi connectivity index (χ4v) is 11.2. The number of aliphatic hydroxyl groups excluding tert-OH is 1. The topological polar surface area (TPSA) is 127 Å². The minimum absolute atomic E-state index is 0.0639. The maximum atomic E-state index is 16.5. The number of nitrogens with zero attached hydrogens (tertiary/aromatic N) is 5. The van der Waals surface area contributed by atoms with Crippen LogP contribution in [0.25, 0.3) is 0 Å². The first-order valence-corrected chi connectivity index (χ1v) is 21.7. The SMILES string of the molecule is COC(=O)CCCCN1C(=O)[C@@]2(O[C@@H](CCn3cc(C(CO)c4ccccc4)nn3)[C@H]([Si](C)(C)F)[C@H]2C)c2cc(N3CCCCCCC3=O)ccc21. The lowest BCUT2D eigenvalue weighted by Crippen LogP contribution is -2.45. The van der Waals surface area contributed by atoms with Crippen LogP contribution >= 0.6 is 0 Å². The van der Waals surface area contributed by atoms with Gasteiger partial charge >= 0.3 is 5.97 Å². The van der Waals surface area contributed by atoms with E-state index >= 15 is 4.11 Å². The molecule has 2 fully saturated rings. The summed E-state index contributed by atoms with van der Waals surface area (Å²) in [6.07, 6.45) is 7.31. The van der Waals surface area contributed by atoms with Crippen molar-refractivity contribution in [3.8, 4) is 0 Å². The summed E-state index contributed by atoms with van der Waals surface area (Å²) in [6, 6.07) is 15.4. The van der Waals surface area contributed by atoms with Gasteiger partial charge < -0.3 is 28.5 Å². The smallest absolute Gasteiger partial charge is 0.305 e. The highest BCUT2D eigenvalue weighted by Gasteiger charge is 2.66. The Bertz CT molecular complexity index is 1730. The van der Waals surface area contributed by atoms with Crippen LogP contribution in [-0.2, 0) is 36.0 Å². The van der Waals surface area contributed by atoms with Crippen LogP contribution in [0.3, 0.4) is 0 Å². The summed E-state index contributed by atoms with van der Waals surface area (Å²) in [7, 11) is -2.06. The van der Waals surface area contributed by atoms with E-state index in [-0.39, 0.29) is 36.7 Å². The third kappa shape index (κ3) is 7.45. The van der Waals surface area contributed by atoms with Crippen molar-refractivity contribution in [1.82, 2.24) is 15.0 Å². The second-order valence-corrected chi connectivity index (χ2v) is 18.8. The minimum Gasteiger partial charge on any atom is -0.469 e. The molecule has 1 spiro atoms. The lowest BCUT2D eigenvalue weighted by atomic mass is 9.82. The highest BCUT2D eigenvalue weighted by atomic mass is 28.4. The number of unbranched alkanes of at least 4 members (excludes halogenated alkanes) is 1. The van der Waals surface area contributed by atoms with E-state index in [1.54, 1.807) is 22.7 Å². The number of amides is 2. The van der Waals surface area contributed by atoms with Crippen LogP contribution in [0.4, 0.5) is 15.5 Å². The Hall–Kier alpha value is -3.94. The van der Waals surface area contributed by atoms with Gasteiger partial charge in [0.15, 0.2) is 5.60 Å². The molecule has 0 aliphatic carbocycles. The molecule has 1 aromatic heterocycles. The van der Waals surface area contributed by atoms with Crippen molar-refractivity contribution in [1.29, 1.82) is 0 Å². The van der Waals surface area contributed by atoms with Gasteiger partial charge in [-0.1, -0.05) is 55.3 Å². The predicted octanol–water partition coefficient (Wildman–Crippen LogP) is 6.25. The monoisotopic (exact) mass is 733 g/mol. The van der Waals surface area contributed by atoms with Crippen LogP contribution in [0, 0.1) is 5.92 Å². The molecule has 0 radical (unpaired) electrons. The van der Waals surface area contributed by atoms with Crippen molar-refractivity contribution in [2.45, 2.75) is 108 Å². The molecule has 3 aromatic rings. The summed E-state index contributed by atoms with van der Waals surface area (Å²) >= 11 is 0. The fraction of sp³-hybridized carbons (Fsp3) is 0.564. The number of halogens is 1. The Morgan fingerprint density at radius 3 is 2.60 bits per heavy atom. The molecule has 0 saturated carbocycles. The predicted molar refractivity (Wildman–Crippen MR) is 198 cm³/mol. The third-order valence-corrected chi connectivity index (χ3v) is 13.7.